The quantitative estimate of drug-likeness (QED) is 0.809. The van der Waals surface area contributed by atoms with Crippen LogP contribution in [0.4, 0.5) is 0 Å². The first-order valence-corrected chi connectivity index (χ1v) is 8.34. The molecule has 0 aliphatic carbocycles. The van der Waals surface area contributed by atoms with E-state index in [1.807, 2.05) is 0 Å². The number of nitrogens with one attached hydrogen (secondary N) is 1. The third kappa shape index (κ3) is 4.45. The summed E-state index contributed by atoms with van der Waals surface area (Å²) >= 11 is 4.15. The Labute approximate surface area is 107 Å². The summed E-state index contributed by atoms with van der Waals surface area (Å²) in [4.78, 5) is 2.35. The van der Waals surface area contributed by atoms with Crippen LogP contribution in [0.25, 0.3) is 0 Å². The summed E-state index contributed by atoms with van der Waals surface area (Å²) in [6.07, 6.45) is 0.386. The van der Waals surface area contributed by atoms with Crippen LogP contribution in [0.5, 0.6) is 0 Å². The highest BCUT2D eigenvalue weighted by molar-refractivity contribution is 8.03. The van der Waals surface area contributed by atoms with Gasteiger partial charge in [0.15, 0.2) is 0 Å². The average Bonchev–Trinajstić information content (AvgIpc) is 2.55. The highest BCUT2D eigenvalue weighted by atomic mass is 32.2. The third-order valence-electron chi connectivity index (χ3n) is 2.99. The van der Waals surface area contributed by atoms with Gasteiger partial charge in [-0.05, 0) is 7.05 Å². The standard InChI is InChI=1S/C11H22N2OS2/c1-13-2-3-14-11(7-13)6-12-10-8-15-4-5-16-9-10/h10-12H,2-9H2,1H3. The monoisotopic (exact) mass is 262 g/mol. The summed E-state index contributed by atoms with van der Waals surface area (Å²) in [7, 11) is 2.17. The lowest BCUT2D eigenvalue weighted by atomic mass is 10.2. The van der Waals surface area contributed by atoms with Crippen molar-refractivity contribution in [1.29, 1.82) is 0 Å². The molecule has 0 spiro atoms. The second kappa shape index (κ2) is 7.11. The summed E-state index contributed by atoms with van der Waals surface area (Å²) in [5.74, 6) is 5.14. The molecule has 2 saturated heterocycles. The van der Waals surface area contributed by atoms with Crippen molar-refractivity contribution in [3.05, 3.63) is 0 Å². The van der Waals surface area contributed by atoms with Crippen molar-refractivity contribution >= 4 is 23.5 Å². The highest BCUT2D eigenvalue weighted by Gasteiger charge is 2.19. The first-order chi connectivity index (χ1) is 7.84. The number of hydrogen-bond donors (Lipinski definition) is 1. The molecule has 2 heterocycles. The lowest BCUT2D eigenvalue weighted by Gasteiger charge is -2.31. The Morgan fingerprint density at radius 1 is 1.31 bits per heavy atom. The van der Waals surface area contributed by atoms with Gasteiger partial charge in [0.25, 0.3) is 0 Å². The Kier molecular flexibility index (Phi) is 5.79. The molecule has 0 saturated carbocycles. The molecule has 0 bridgehead atoms. The van der Waals surface area contributed by atoms with Gasteiger partial charge >= 0.3 is 0 Å². The number of rotatable bonds is 3. The highest BCUT2D eigenvalue weighted by Crippen LogP contribution is 2.16. The van der Waals surface area contributed by atoms with Crippen LogP contribution < -0.4 is 5.32 Å². The van der Waals surface area contributed by atoms with Crippen LogP contribution in [0.15, 0.2) is 0 Å². The van der Waals surface area contributed by atoms with Crippen LogP contribution >= 0.6 is 23.5 Å². The fourth-order valence-corrected chi connectivity index (χ4v) is 4.49. The van der Waals surface area contributed by atoms with E-state index in [1.165, 1.54) is 23.0 Å². The Morgan fingerprint density at radius 3 is 2.75 bits per heavy atom. The molecule has 94 valence electrons. The van der Waals surface area contributed by atoms with Gasteiger partial charge in [0, 0.05) is 48.7 Å². The van der Waals surface area contributed by atoms with Crippen LogP contribution in [0.3, 0.4) is 0 Å². The molecular weight excluding hydrogens is 240 g/mol. The molecule has 0 radical (unpaired) electrons. The molecule has 2 fully saturated rings. The molecule has 16 heavy (non-hydrogen) atoms. The van der Waals surface area contributed by atoms with E-state index in [9.17, 15) is 0 Å². The maximum absolute atomic E-state index is 5.75. The van der Waals surface area contributed by atoms with Crippen LogP contribution in [0.1, 0.15) is 0 Å². The van der Waals surface area contributed by atoms with Gasteiger partial charge in [0.05, 0.1) is 12.7 Å². The van der Waals surface area contributed by atoms with Crippen molar-refractivity contribution in [2.45, 2.75) is 12.1 Å². The predicted octanol–water partition coefficient (Wildman–Crippen LogP) is 0.755. The van der Waals surface area contributed by atoms with E-state index in [0.717, 1.165) is 26.2 Å². The van der Waals surface area contributed by atoms with Crippen molar-refractivity contribution in [1.82, 2.24) is 10.2 Å². The molecule has 2 aliphatic rings. The van der Waals surface area contributed by atoms with Gasteiger partial charge in [-0.15, -0.1) is 0 Å². The Bertz CT molecular complexity index is 196. The van der Waals surface area contributed by atoms with Crippen molar-refractivity contribution in [2.75, 3.05) is 56.3 Å². The minimum atomic E-state index is 0.386. The summed E-state index contributed by atoms with van der Waals surface area (Å²) in [5.41, 5.74) is 0. The number of morpholine rings is 1. The van der Waals surface area contributed by atoms with Gasteiger partial charge in [-0.3, -0.25) is 0 Å². The number of nitrogens with zero attached hydrogens (tertiary/aromatic N) is 1. The molecule has 0 aromatic carbocycles. The van der Waals surface area contributed by atoms with E-state index in [2.05, 4.69) is 40.8 Å². The Morgan fingerprint density at radius 2 is 2.06 bits per heavy atom. The summed E-state index contributed by atoms with van der Waals surface area (Å²) in [5, 5.41) is 3.66. The van der Waals surface area contributed by atoms with Gasteiger partial charge < -0.3 is 15.0 Å². The Hall–Kier alpha value is 0.580. The van der Waals surface area contributed by atoms with E-state index in [4.69, 9.17) is 4.74 Å². The maximum Gasteiger partial charge on any atom is 0.0826 e. The summed E-state index contributed by atoms with van der Waals surface area (Å²) in [6, 6.07) is 0.674. The van der Waals surface area contributed by atoms with E-state index >= 15 is 0 Å². The molecule has 1 unspecified atom stereocenters. The van der Waals surface area contributed by atoms with Crippen LogP contribution in [-0.2, 0) is 4.74 Å². The van der Waals surface area contributed by atoms with Gasteiger partial charge in [-0.25, -0.2) is 0 Å². The van der Waals surface area contributed by atoms with Crippen molar-refractivity contribution < 1.29 is 4.74 Å². The summed E-state index contributed by atoms with van der Waals surface area (Å²) < 4.78 is 5.75. The largest absolute Gasteiger partial charge is 0.374 e. The Balaban J connectivity index is 1.65. The fourth-order valence-electron chi connectivity index (χ4n) is 2.02. The predicted molar refractivity (Wildman–Crippen MR) is 73.7 cm³/mol. The maximum atomic E-state index is 5.75. The topological polar surface area (TPSA) is 24.5 Å². The molecule has 0 aromatic rings. The third-order valence-corrected chi connectivity index (χ3v) is 5.51. The molecule has 0 amide bonds. The van der Waals surface area contributed by atoms with Gasteiger partial charge in [0.1, 0.15) is 0 Å². The van der Waals surface area contributed by atoms with E-state index < -0.39 is 0 Å². The van der Waals surface area contributed by atoms with Gasteiger partial charge in [-0.1, -0.05) is 0 Å². The number of thioether (sulfide) groups is 2. The smallest absolute Gasteiger partial charge is 0.0826 e. The lowest BCUT2D eigenvalue weighted by molar-refractivity contribution is -0.0187. The van der Waals surface area contributed by atoms with Gasteiger partial charge in [0.2, 0.25) is 0 Å². The van der Waals surface area contributed by atoms with Crippen molar-refractivity contribution in [3.8, 4) is 0 Å². The van der Waals surface area contributed by atoms with Crippen molar-refractivity contribution in [3.63, 3.8) is 0 Å². The van der Waals surface area contributed by atoms with Gasteiger partial charge in [-0.2, -0.15) is 23.5 Å². The van der Waals surface area contributed by atoms with E-state index in [-0.39, 0.29) is 0 Å². The summed E-state index contributed by atoms with van der Waals surface area (Å²) in [6.45, 7) is 4.04. The molecule has 2 aliphatic heterocycles. The molecule has 2 rings (SSSR count). The molecule has 5 heteroatoms. The zero-order valence-electron chi connectivity index (χ0n) is 9.98. The second-order valence-electron chi connectivity index (χ2n) is 4.51. The number of ether oxygens (including phenoxy) is 1. The van der Waals surface area contributed by atoms with Crippen molar-refractivity contribution in [2.24, 2.45) is 0 Å². The zero-order valence-corrected chi connectivity index (χ0v) is 11.6. The minimum Gasteiger partial charge on any atom is -0.374 e. The van der Waals surface area contributed by atoms with E-state index in [1.54, 1.807) is 0 Å². The number of hydrogen-bond acceptors (Lipinski definition) is 5. The second-order valence-corrected chi connectivity index (χ2v) is 6.81. The van der Waals surface area contributed by atoms with E-state index in [0.29, 0.717) is 12.1 Å². The first kappa shape index (κ1) is 13.0. The zero-order chi connectivity index (χ0) is 11.2. The molecule has 0 aromatic heterocycles. The molecule has 3 nitrogen and oxygen atoms in total. The molecular formula is C11H22N2OS2. The molecule has 1 atom stereocenters. The average molecular weight is 262 g/mol. The van der Waals surface area contributed by atoms with Crippen LogP contribution in [-0.4, -0.2) is 73.3 Å². The SMILES string of the molecule is CN1CCOC(CNC2CSCCSC2)C1. The lowest BCUT2D eigenvalue weighted by Crippen LogP contribution is -2.47. The first-order valence-electron chi connectivity index (χ1n) is 6.03. The fraction of sp³-hybridized carbons (Fsp3) is 1.00. The van der Waals surface area contributed by atoms with Crippen LogP contribution in [0, 0.1) is 0 Å². The molecule has 1 N–H and O–H groups in total. The normalized spacial score (nSPS) is 30.2. The van der Waals surface area contributed by atoms with Crippen LogP contribution in [0.2, 0.25) is 0 Å². The number of likely N-dealkylation sites (N-methyl/N-ethyl adjacent to an activating group) is 1. The minimum absolute atomic E-state index is 0.386.